The van der Waals surface area contributed by atoms with E-state index in [1.807, 2.05) is 38.1 Å². The van der Waals surface area contributed by atoms with Gasteiger partial charge in [-0.3, -0.25) is 4.79 Å². The van der Waals surface area contributed by atoms with Crippen LogP contribution in [-0.2, 0) is 14.3 Å². The Morgan fingerprint density at radius 3 is 2.78 bits per heavy atom. The van der Waals surface area contributed by atoms with Gasteiger partial charge in [-0.15, -0.1) is 0 Å². The summed E-state index contributed by atoms with van der Waals surface area (Å²) in [6.45, 7) is 5.03. The lowest BCUT2D eigenvalue weighted by Crippen LogP contribution is -2.19. The largest absolute Gasteiger partial charge is 0.490 e. The molecule has 0 spiro atoms. The van der Waals surface area contributed by atoms with E-state index in [9.17, 15) is 4.79 Å². The Kier molecular flexibility index (Phi) is 3.57. The van der Waals surface area contributed by atoms with Crippen LogP contribution in [0.3, 0.4) is 0 Å². The topological polar surface area (TPSA) is 48.1 Å². The van der Waals surface area contributed by atoms with Crippen LogP contribution in [0.2, 0.25) is 0 Å². The standard InChI is InChI=1S/C14H18O4/c1-10(13(15)16-3)11-6-4-5-7-12(11)17-8-14(2)9-18-14/h4-7,10H,8-9H2,1-3H3/t10?,14-/m1/s1. The number of para-hydroxylation sites is 1. The molecule has 0 aliphatic carbocycles. The highest BCUT2D eigenvalue weighted by Crippen LogP contribution is 2.31. The molecule has 4 heteroatoms. The van der Waals surface area contributed by atoms with E-state index in [1.165, 1.54) is 7.11 Å². The highest BCUT2D eigenvalue weighted by Gasteiger charge is 2.40. The van der Waals surface area contributed by atoms with Gasteiger partial charge in [0.25, 0.3) is 0 Å². The van der Waals surface area contributed by atoms with E-state index in [0.717, 1.165) is 12.2 Å². The molecule has 1 aliphatic rings. The van der Waals surface area contributed by atoms with E-state index in [4.69, 9.17) is 14.2 Å². The van der Waals surface area contributed by atoms with Crippen molar-refractivity contribution in [1.82, 2.24) is 0 Å². The molecule has 4 nitrogen and oxygen atoms in total. The van der Waals surface area contributed by atoms with Gasteiger partial charge < -0.3 is 14.2 Å². The summed E-state index contributed by atoms with van der Waals surface area (Å²) in [5.41, 5.74) is 0.676. The second-order valence-electron chi connectivity index (χ2n) is 4.81. The Bertz CT molecular complexity index is 437. The van der Waals surface area contributed by atoms with Gasteiger partial charge in [0.2, 0.25) is 0 Å². The average molecular weight is 250 g/mol. The Morgan fingerprint density at radius 2 is 2.17 bits per heavy atom. The number of benzene rings is 1. The van der Waals surface area contributed by atoms with E-state index in [1.54, 1.807) is 0 Å². The molecule has 18 heavy (non-hydrogen) atoms. The molecular weight excluding hydrogens is 232 g/mol. The minimum Gasteiger partial charge on any atom is -0.490 e. The number of esters is 1. The van der Waals surface area contributed by atoms with Gasteiger partial charge in [0, 0.05) is 5.56 Å². The molecule has 1 saturated heterocycles. The molecule has 1 aliphatic heterocycles. The van der Waals surface area contributed by atoms with Crippen molar-refractivity contribution in [2.45, 2.75) is 25.4 Å². The van der Waals surface area contributed by atoms with Crippen LogP contribution in [-0.4, -0.2) is 31.9 Å². The van der Waals surface area contributed by atoms with Crippen LogP contribution in [0.5, 0.6) is 5.75 Å². The van der Waals surface area contributed by atoms with Gasteiger partial charge in [-0.2, -0.15) is 0 Å². The molecule has 0 saturated carbocycles. The smallest absolute Gasteiger partial charge is 0.312 e. The Hall–Kier alpha value is -1.55. The fourth-order valence-corrected chi connectivity index (χ4v) is 1.71. The number of epoxide rings is 1. The lowest BCUT2D eigenvalue weighted by molar-refractivity contribution is -0.142. The van der Waals surface area contributed by atoms with Crippen LogP contribution >= 0.6 is 0 Å². The van der Waals surface area contributed by atoms with Crippen molar-refractivity contribution in [2.75, 3.05) is 20.3 Å². The second kappa shape index (κ2) is 4.98. The number of hydrogen-bond donors (Lipinski definition) is 0. The second-order valence-corrected chi connectivity index (χ2v) is 4.81. The molecule has 2 atom stereocenters. The van der Waals surface area contributed by atoms with Crippen LogP contribution in [0.15, 0.2) is 24.3 Å². The van der Waals surface area contributed by atoms with Crippen LogP contribution in [0.4, 0.5) is 0 Å². The number of rotatable bonds is 5. The van der Waals surface area contributed by atoms with E-state index < -0.39 is 0 Å². The van der Waals surface area contributed by atoms with Crippen LogP contribution < -0.4 is 4.74 Å². The van der Waals surface area contributed by atoms with Crippen molar-refractivity contribution in [3.8, 4) is 5.75 Å². The van der Waals surface area contributed by atoms with Crippen molar-refractivity contribution in [3.63, 3.8) is 0 Å². The molecule has 0 aromatic heterocycles. The average Bonchev–Trinajstić information content (AvgIpc) is 3.13. The van der Waals surface area contributed by atoms with E-state index in [2.05, 4.69) is 0 Å². The number of carbonyl (C=O) groups excluding carboxylic acids is 1. The SMILES string of the molecule is COC(=O)C(C)c1ccccc1OC[C@]1(C)CO1. The molecule has 1 fully saturated rings. The normalized spacial score (nSPS) is 23.3. The molecule has 0 radical (unpaired) electrons. The third kappa shape index (κ3) is 2.82. The van der Waals surface area contributed by atoms with Gasteiger partial charge in [-0.1, -0.05) is 18.2 Å². The maximum Gasteiger partial charge on any atom is 0.312 e. The van der Waals surface area contributed by atoms with Gasteiger partial charge in [-0.05, 0) is 19.9 Å². The van der Waals surface area contributed by atoms with Crippen molar-refractivity contribution < 1.29 is 19.0 Å². The molecule has 0 bridgehead atoms. The molecule has 1 aromatic rings. The predicted octanol–water partition coefficient (Wildman–Crippen LogP) is 2.13. The highest BCUT2D eigenvalue weighted by molar-refractivity contribution is 5.78. The Balaban J connectivity index is 2.11. The molecule has 1 aromatic carbocycles. The van der Waals surface area contributed by atoms with E-state index in [-0.39, 0.29) is 17.5 Å². The van der Waals surface area contributed by atoms with Gasteiger partial charge in [0.05, 0.1) is 19.6 Å². The van der Waals surface area contributed by atoms with Crippen molar-refractivity contribution in [1.29, 1.82) is 0 Å². The first-order chi connectivity index (χ1) is 8.56. The molecule has 1 heterocycles. The van der Waals surface area contributed by atoms with E-state index >= 15 is 0 Å². The lowest BCUT2D eigenvalue weighted by Gasteiger charge is -2.16. The Labute approximate surface area is 107 Å². The van der Waals surface area contributed by atoms with Gasteiger partial charge in [0.15, 0.2) is 0 Å². The number of methoxy groups -OCH3 is 1. The lowest BCUT2D eigenvalue weighted by atomic mass is 10.0. The molecule has 98 valence electrons. The first-order valence-electron chi connectivity index (χ1n) is 5.99. The summed E-state index contributed by atoms with van der Waals surface area (Å²) in [6, 6.07) is 7.52. The summed E-state index contributed by atoms with van der Waals surface area (Å²) in [5, 5.41) is 0. The summed E-state index contributed by atoms with van der Waals surface area (Å²) >= 11 is 0. The zero-order chi connectivity index (χ0) is 13.2. The zero-order valence-corrected chi connectivity index (χ0v) is 10.9. The fourth-order valence-electron chi connectivity index (χ4n) is 1.71. The monoisotopic (exact) mass is 250 g/mol. The predicted molar refractivity (Wildman–Crippen MR) is 66.7 cm³/mol. The summed E-state index contributed by atoms with van der Waals surface area (Å²) in [6.07, 6.45) is 0. The van der Waals surface area contributed by atoms with Gasteiger partial charge in [0.1, 0.15) is 18.0 Å². The minimum absolute atomic E-state index is 0.165. The summed E-state index contributed by atoms with van der Waals surface area (Å²) in [7, 11) is 1.39. The van der Waals surface area contributed by atoms with Crippen molar-refractivity contribution in [2.24, 2.45) is 0 Å². The summed E-state index contributed by atoms with van der Waals surface area (Å²) in [5.74, 6) is 0.117. The third-order valence-electron chi connectivity index (χ3n) is 3.11. The van der Waals surface area contributed by atoms with E-state index in [0.29, 0.717) is 12.4 Å². The van der Waals surface area contributed by atoms with Crippen molar-refractivity contribution in [3.05, 3.63) is 29.8 Å². The first-order valence-corrected chi connectivity index (χ1v) is 5.99. The molecule has 0 amide bonds. The van der Waals surface area contributed by atoms with Crippen LogP contribution in [0, 0.1) is 0 Å². The molecule has 2 rings (SSSR count). The van der Waals surface area contributed by atoms with Gasteiger partial charge >= 0.3 is 5.97 Å². The fraction of sp³-hybridized carbons (Fsp3) is 0.500. The van der Waals surface area contributed by atoms with Crippen LogP contribution in [0.25, 0.3) is 0 Å². The first kappa shape index (κ1) is 12.9. The molecule has 0 N–H and O–H groups in total. The van der Waals surface area contributed by atoms with Crippen LogP contribution in [0.1, 0.15) is 25.3 Å². The maximum atomic E-state index is 11.6. The third-order valence-corrected chi connectivity index (χ3v) is 3.11. The number of carbonyl (C=O) groups is 1. The quantitative estimate of drug-likeness (QED) is 0.593. The highest BCUT2D eigenvalue weighted by atomic mass is 16.6. The number of ether oxygens (including phenoxy) is 3. The Morgan fingerprint density at radius 1 is 1.50 bits per heavy atom. The maximum absolute atomic E-state index is 11.6. The summed E-state index contributed by atoms with van der Waals surface area (Å²) in [4.78, 5) is 11.6. The molecular formula is C14H18O4. The number of hydrogen-bond acceptors (Lipinski definition) is 4. The minimum atomic E-state index is -0.334. The molecule has 1 unspecified atom stereocenters. The zero-order valence-electron chi connectivity index (χ0n) is 10.9. The van der Waals surface area contributed by atoms with Gasteiger partial charge in [-0.25, -0.2) is 0 Å². The summed E-state index contributed by atoms with van der Waals surface area (Å²) < 4.78 is 15.8. The van der Waals surface area contributed by atoms with Crippen molar-refractivity contribution >= 4 is 5.97 Å².